The molecule has 0 bridgehead atoms. The van der Waals surface area contributed by atoms with Gasteiger partial charge in [-0.25, -0.2) is 0 Å². The molecule has 0 spiro atoms. The maximum Gasteiger partial charge on any atom is 0.420 e. The molecule has 1 aliphatic rings. The molecule has 1 fully saturated rings. The van der Waals surface area contributed by atoms with Crippen LogP contribution in [0.25, 0.3) is 0 Å². The number of nitrogens with one attached hydrogen (secondary N) is 1. The Balaban J connectivity index is 2.08. The van der Waals surface area contributed by atoms with Gasteiger partial charge in [0.15, 0.2) is 0 Å². The molecule has 1 aromatic carbocycles. The minimum atomic E-state index is -4.60. The van der Waals surface area contributed by atoms with Crippen LogP contribution in [-0.4, -0.2) is 35.9 Å². The van der Waals surface area contributed by atoms with Crippen LogP contribution >= 0.6 is 0 Å². The molecule has 0 aromatic heterocycles. The molecule has 2 rings (SSSR count). The average Bonchev–Trinajstić information content (AvgIpc) is 2.61. The standard InChI is InChI=1S/C19H23F3N2O3/c1-4-17(25)24-9-7-13(8-10-24)18(26)23-14-5-6-16(27-12(2)3)15(11-14)19(20,21)22/h4-6,11-13H,1,7-10H2,2-3H3,(H,23,26). The Bertz CT molecular complexity index is 709. The summed E-state index contributed by atoms with van der Waals surface area (Å²) in [7, 11) is 0. The number of halogens is 3. The zero-order valence-electron chi connectivity index (χ0n) is 15.3. The van der Waals surface area contributed by atoms with E-state index < -0.39 is 17.8 Å². The number of ether oxygens (including phenoxy) is 1. The summed E-state index contributed by atoms with van der Waals surface area (Å²) in [5.74, 6) is -1.18. The minimum absolute atomic E-state index is 0.0630. The second-order valence-electron chi connectivity index (χ2n) is 6.67. The summed E-state index contributed by atoms with van der Waals surface area (Å²) in [4.78, 5) is 25.5. The molecule has 1 aliphatic heterocycles. The summed E-state index contributed by atoms with van der Waals surface area (Å²) >= 11 is 0. The second kappa shape index (κ2) is 8.45. The van der Waals surface area contributed by atoms with Gasteiger partial charge in [0.1, 0.15) is 5.75 Å². The fraction of sp³-hybridized carbons (Fsp3) is 0.474. The highest BCUT2D eigenvalue weighted by Gasteiger charge is 2.35. The molecule has 2 amide bonds. The first-order valence-electron chi connectivity index (χ1n) is 8.72. The van der Waals surface area contributed by atoms with Gasteiger partial charge in [0, 0.05) is 24.7 Å². The highest BCUT2D eigenvalue weighted by Crippen LogP contribution is 2.38. The van der Waals surface area contributed by atoms with Crippen molar-refractivity contribution in [3.8, 4) is 5.75 Å². The third kappa shape index (κ3) is 5.48. The smallest absolute Gasteiger partial charge is 0.420 e. The number of hydrogen-bond donors (Lipinski definition) is 1. The highest BCUT2D eigenvalue weighted by molar-refractivity contribution is 5.93. The average molecular weight is 384 g/mol. The maximum absolute atomic E-state index is 13.3. The summed E-state index contributed by atoms with van der Waals surface area (Å²) in [5, 5.41) is 2.54. The van der Waals surface area contributed by atoms with Crippen molar-refractivity contribution in [2.24, 2.45) is 5.92 Å². The highest BCUT2D eigenvalue weighted by atomic mass is 19.4. The van der Waals surface area contributed by atoms with Crippen LogP contribution < -0.4 is 10.1 Å². The fourth-order valence-corrected chi connectivity index (χ4v) is 2.92. The van der Waals surface area contributed by atoms with Crippen molar-refractivity contribution >= 4 is 17.5 Å². The Morgan fingerprint density at radius 3 is 2.44 bits per heavy atom. The van der Waals surface area contributed by atoms with Crippen molar-refractivity contribution in [1.29, 1.82) is 0 Å². The van der Waals surface area contributed by atoms with Crippen molar-refractivity contribution in [1.82, 2.24) is 4.90 Å². The summed E-state index contributed by atoms with van der Waals surface area (Å²) in [6.45, 7) is 7.53. The number of piperidine rings is 1. The van der Waals surface area contributed by atoms with Gasteiger partial charge in [0.05, 0.1) is 11.7 Å². The lowest BCUT2D eigenvalue weighted by molar-refractivity contribution is -0.139. The van der Waals surface area contributed by atoms with E-state index in [1.165, 1.54) is 18.2 Å². The predicted molar refractivity (Wildman–Crippen MR) is 95.3 cm³/mol. The number of nitrogens with zero attached hydrogens (tertiary/aromatic N) is 1. The van der Waals surface area contributed by atoms with E-state index in [1.54, 1.807) is 18.7 Å². The van der Waals surface area contributed by atoms with Gasteiger partial charge in [-0.05, 0) is 51.0 Å². The van der Waals surface area contributed by atoms with Crippen LogP contribution in [0, 0.1) is 5.92 Å². The van der Waals surface area contributed by atoms with Crippen molar-refractivity contribution in [3.05, 3.63) is 36.4 Å². The van der Waals surface area contributed by atoms with E-state index in [1.807, 2.05) is 0 Å². The van der Waals surface area contributed by atoms with Gasteiger partial charge in [-0.2, -0.15) is 13.2 Å². The van der Waals surface area contributed by atoms with Crippen molar-refractivity contribution in [3.63, 3.8) is 0 Å². The quantitative estimate of drug-likeness (QED) is 0.785. The molecule has 148 valence electrons. The lowest BCUT2D eigenvalue weighted by Gasteiger charge is -2.30. The normalized spacial score (nSPS) is 15.6. The third-order valence-electron chi connectivity index (χ3n) is 4.27. The minimum Gasteiger partial charge on any atom is -0.490 e. The van der Waals surface area contributed by atoms with Crippen LogP contribution in [-0.2, 0) is 15.8 Å². The van der Waals surface area contributed by atoms with Crippen LogP contribution in [0.2, 0.25) is 0 Å². The Morgan fingerprint density at radius 2 is 1.93 bits per heavy atom. The Labute approximate surface area is 156 Å². The first-order valence-corrected chi connectivity index (χ1v) is 8.72. The molecular formula is C19H23F3N2O3. The number of alkyl halides is 3. The molecule has 1 N–H and O–H groups in total. The van der Waals surface area contributed by atoms with Gasteiger partial charge in [-0.3, -0.25) is 9.59 Å². The number of carbonyl (C=O) groups excluding carboxylic acids is 2. The molecule has 0 unspecified atom stereocenters. The Hall–Kier alpha value is -2.51. The first kappa shape index (κ1) is 20.8. The zero-order valence-corrected chi connectivity index (χ0v) is 15.3. The topological polar surface area (TPSA) is 58.6 Å². The van der Waals surface area contributed by atoms with Gasteiger partial charge >= 0.3 is 6.18 Å². The van der Waals surface area contributed by atoms with Gasteiger partial charge < -0.3 is 15.0 Å². The SMILES string of the molecule is C=CC(=O)N1CCC(C(=O)Nc2ccc(OC(C)C)c(C(F)(F)F)c2)CC1. The van der Waals surface area contributed by atoms with E-state index in [9.17, 15) is 22.8 Å². The van der Waals surface area contributed by atoms with Crippen LogP contribution in [0.3, 0.4) is 0 Å². The van der Waals surface area contributed by atoms with Crippen LogP contribution in [0.15, 0.2) is 30.9 Å². The van der Waals surface area contributed by atoms with E-state index in [2.05, 4.69) is 11.9 Å². The Morgan fingerprint density at radius 1 is 1.30 bits per heavy atom. The third-order valence-corrected chi connectivity index (χ3v) is 4.27. The molecule has 27 heavy (non-hydrogen) atoms. The molecule has 8 heteroatoms. The van der Waals surface area contributed by atoms with Gasteiger partial charge in [0.2, 0.25) is 11.8 Å². The Kier molecular flexibility index (Phi) is 6.51. The summed E-state index contributed by atoms with van der Waals surface area (Å²) in [5.41, 5.74) is -0.867. The first-order chi connectivity index (χ1) is 12.6. The molecule has 1 aromatic rings. The van der Waals surface area contributed by atoms with E-state index in [-0.39, 0.29) is 29.2 Å². The molecule has 1 heterocycles. The van der Waals surface area contributed by atoms with Crippen molar-refractivity contribution < 1.29 is 27.5 Å². The lowest BCUT2D eigenvalue weighted by atomic mass is 9.95. The van der Waals surface area contributed by atoms with Crippen LogP contribution in [0.4, 0.5) is 18.9 Å². The van der Waals surface area contributed by atoms with Crippen LogP contribution in [0.1, 0.15) is 32.3 Å². The molecule has 0 saturated carbocycles. The van der Waals surface area contributed by atoms with Crippen molar-refractivity contribution in [2.75, 3.05) is 18.4 Å². The molecule has 5 nitrogen and oxygen atoms in total. The molecule has 0 radical (unpaired) electrons. The fourth-order valence-electron chi connectivity index (χ4n) is 2.92. The number of likely N-dealkylation sites (tertiary alicyclic amines) is 1. The monoisotopic (exact) mass is 384 g/mol. The summed E-state index contributed by atoms with van der Waals surface area (Å²) in [6, 6.07) is 3.48. The molecule has 1 saturated heterocycles. The number of rotatable bonds is 5. The molecular weight excluding hydrogens is 361 g/mol. The van der Waals surface area contributed by atoms with E-state index in [0.29, 0.717) is 25.9 Å². The zero-order chi connectivity index (χ0) is 20.2. The number of hydrogen-bond acceptors (Lipinski definition) is 3. The van der Waals surface area contributed by atoms with E-state index >= 15 is 0 Å². The number of amides is 2. The molecule has 0 aliphatic carbocycles. The summed E-state index contributed by atoms with van der Waals surface area (Å²) < 4.78 is 45.1. The number of benzene rings is 1. The van der Waals surface area contributed by atoms with Crippen LogP contribution in [0.5, 0.6) is 5.75 Å². The lowest BCUT2D eigenvalue weighted by Crippen LogP contribution is -2.40. The largest absolute Gasteiger partial charge is 0.490 e. The number of anilines is 1. The maximum atomic E-state index is 13.3. The van der Waals surface area contributed by atoms with Crippen molar-refractivity contribution in [2.45, 2.75) is 39.0 Å². The van der Waals surface area contributed by atoms with E-state index in [4.69, 9.17) is 4.74 Å². The molecule has 0 atom stereocenters. The summed E-state index contributed by atoms with van der Waals surface area (Å²) in [6.07, 6.45) is -2.88. The second-order valence-corrected chi connectivity index (χ2v) is 6.67. The van der Waals surface area contributed by atoms with Gasteiger partial charge in [0.25, 0.3) is 0 Å². The number of carbonyl (C=O) groups is 2. The predicted octanol–water partition coefficient (Wildman–Crippen LogP) is 3.86. The van der Waals surface area contributed by atoms with Gasteiger partial charge in [-0.1, -0.05) is 6.58 Å². The van der Waals surface area contributed by atoms with E-state index in [0.717, 1.165) is 6.07 Å². The van der Waals surface area contributed by atoms with Gasteiger partial charge in [-0.15, -0.1) is 0 Å².